The van der Waals surface area contributed by atoms with Crippen LogP contribution in [0.15, 0.2) is 130 Å². The summed E-state index contributed by atoms with van der Waals surface area (Å²) >= 11 is 0. The standard InChI is InChI=1S/2C12H11N3/c13-10-5-4-8-12(9-10)15-14-11-6-2-1-3-7-11;13-11-8-4-5-9-12(11)15-14-10-6-2-1-3-7-10/h2*1-9H,13H2/b2*15-14+. The first-order valence-electron chi connectivity index (χ1n) is 9.34. The van der Waals surface area contributed by atoms with E-state index in [1.165, 1.54) is 0 Å². The van der Waals surface area contributed by atoms with Crippen LogP contribution in [-0.4, -0.2) is 0 Å². The summed E-state index contributed by atoms with van der Waals surface area (Å²) in [5.74, 6) is 0. The Labute approximate surface area is 175 Å². The molecular weight excluding hydrogens is 372 g/mol. The summed E-state index contributed by atoms with van der Waals surface area (Å²) in [5.41, 5.74) is 15.8. The molecule has 0 bridgehead atoms. The largest absolute Gasteiger partial charge is 0.399 e. The third-order valence-electron chi connectivity index (χ3n) is 3.87. The maximum Gasteiger partial charge on any atom is 0.109 e. The van der Waals surface area contributed by atoms with Gasteiger partial charge in [-0.25, -0.2) is 0 Å². The molecule has 0 aliphatic carbocycles. The normalized spacial score (nSPS) is 10.7. The number of nitrogens with two attached hydrogens (primary N) is 2. The van der Waals surface area contributed by atoms with E-state index in [1.54, 1.807) is 12.1 Å². The van der Waals surface area contributed by atoms with Gasteiger partial charge in [-0.1, -0.05) is 54.6 Å². The number of nitrogen functional groups attached to an aromatic ring is 2. The van der Waals surface area contributed by atoms with Gasteiger partial charge in [-0.3, -0.25) is 0 Å². The second-order valence-electron chi connectivity index (χ2n) is 6.22. The van der Waals surface area contributed by atoms with E-state index in [0.717, 1.165) is 17.1 Å². The summed E-state index contributed by atoms with van der Waals surface area (Å²) in [6.45, 7) is 0. The zero-order valence-electron chi connectivity index (χ0n) is 16.3. The Morgan fingerprint density at radius 3 is 1.53 bits per heavy atom. The molecule has 0 aliphatic heterocycles. The highest BCUT2D eigenvalue weighted by atomic mass is 15.1. The number of azo groups is 2. The molecule has 0 saturated carbocycles. The summed E-state index contributed by atoms with van der Waals surface area (Å²) < 4.78 is 0. The van der Waals surface area contributed by atoms with E-state index in [1.807, 2.05) is 97.1 Å². The molecule has 0 spiro atoms. The van der Waals surface area contributed by atoms with Gasteiger partial charge in [0.2, 0.25) is 0 Å². The Bertz CT molecular complexity index is 1110. The summed E-state index contributed by atoms with van der Waals surface area (Å²) in [6, 6.07) is 33.9. The van der Waals surface area contributed by atoms with Crippen molar-refractivity contribution in [2.45, 2.75) is 0 Å². The van der Waals surface area contributed by atoms with Crippen LogP contribution in [0.1, 0.15) is 0 Å². The maximum atomic E-state index is 5.73. The summed E-state index contributed by atoms with van der Waals surface area (Å²) in [5, 5.41) is 16.3. The van der Waals surface area contributed by atoms with Gasteiger partial charge in [0.05, 0.1) is 22.7 Å². The van der Waals surface area contributed by atoms with Crippen LogP contribution in [0.3, 0.4) is 0 Å². The Morgan fingerprint density at radius 2 is 0.933 bits per heavy atom. The fraction of sp³-hybridized carbons (Fsp3) is 0. The molecule has 0 amide bonds. The summed E-state index contributed by atoms with van der Waals surface area (Å²) in [4.78, 5) is 0. The molecule has 6 heteroatoms. The first kappa shape index (κ1) is 20.4. The molecule has 0 aromatic heterocycles. The zero-order valence-corrected chi connectivity index (χ0v) is 16.3. The number of anilines is 2. The molecule has 0 atom stereocenters. The summed E-state index contributed by atoms with van der Waals surface area (Å²) in [6.07, 6.45) is 0. The van der Waals surface area contributed by atoms with Gasteiger partial charge in [-0.05, 0) is 54.6 Å². The Kier molecular flexibility index (Phi) is 7.40. The highest BCUT2D eigenvalue weighted by molar-refractivity contribution is 5.61. The number of rotatable bonds is 4. The lowest BCUT2D eigenvalue weighted by Crippen LogP contribution is -1.82. The predicted octanol–water partition coefficient (Wildman–Crippen LogP) is 7.37. The van der Waals surface area contributed by atoms with Crippen LogP contribution in [0.2, 0.25) is 0 Å². The number of benzene rings is 4. The van der Waals surface area contributed by atoms with Gasteiger partial charge in [0.1, 0.15) is 5.69 Å². The van der Waals surface area contributed by atoms with E-state index in [9.17, 15) is 0 Å². The highest BCUT2D eigenvalue weighted by Gasteiger charge is 1.94. The Hall–Kier alpha value is -4.32. The van der Waals surface area contributed by atoms with Gasteiger partial charge in [0, 0.05) is 5.69 Å². The van der Waals surface area contributed by atoms with Crippen molar-refractivity contribution in [3.63, 3.8) is 0 Å². The van der Waals surface area contributed by atoms with E-state index in [-0.39, 0.29) is 0 Å². The number of hydrogen-bond acceptors (Lipinski definition) is 6. The molecule has 148 valence electrons. The lowest BCUT2D eigenvalue weighted by Gasteiger charge is -1.96. The zero-order chi connectivity index (χ0) is 21.0. The number of hydrogen-bond donors (Lipinski definition) is 2. The van der Waals surface area contributed by atoms with Crippen molar-refractivity contribution in [2.75, 3.05) is 11.5 Å². The molecular formula is C24H22N6. The average molecular weight is 394 g/mol. The van der Waals surface area contributed by atoms with Gasteiger partial charge in [-0.15, -0.1) is 5.11 Å². The molecule has 4 aromatic carbocycles. The number of para-hydroxylation sites is 1. The lowest BCUT2D eigenvalue weighted by atomic mass is 10.3. The van der Waals surface area contributed by atoms with Crippen molar-refractivity contribution < 1.29 is 0 Å². The van der Waals surface area contributed by atoms with Crippen molar-refractivity contribution in [1.29, 1.82) is 0 Å². The predicted molar refractivity (Wildman–Crippen MR) is 123 cm³/mol. The van der Waals surface area contributed by atoms with Crippen molar-refractivity contribution in [3.05, 3.63) is 109 Å². The Balaban J connectivity index is 0.000000171. The maximum absolute atomic E-state index is 5.73. The average Bonchev–Trinajstić information content (AvgIpc) is 2.79. The van der Waals surface area contributed by atoms with Crippen LogP contribution in [0.25, 0.3) is 0 Å². The molecule has 0 radical (unpaired) electrons. The highest BCUT2D eigenvalue weighted by Crippen LogP contribution is 2.23. The fourth-order valence-electron chi connectivity index (χ4n) is 2.38. The molecule has 4 aromatic rings. The van der Waals surface area contributed by atoms with E-state index in [2.05, 4.69) is 20.5 Å². The molecule has 4 rings (SSSR count). The van der Waals surface area contributed by atoms with Crippen LogP contribution in [0, 0.1) is 0 Å². The van der Waals surface area contributed by atoms with Crippen LogP contribution in [0.5, 0.6) is 0 Å². The minimum absolute atomic E-state index is 0.636. The fourth-order valence-corrected chi connectivity index (χ4v) is 2.38. The summed E-state index contributed by atoms with van der Waals surface area (Å²) in [7, 11) is 0. The van der Waals surface area contributed by atoms with Crippen molar-refractivity contribution in [1.82, 2.24) is 0 Å². The van der Waals surface area contributed by atoms with Gasteiger partial charge in [0.15, 0.2) is 0 Å². The second-order valence-corrected chi connectivity index (χ2v) is 6.22. The van der Waals surface area contributed by atoms with Gasteiger partial charge in [-0.2, -0.15) is 15.3 Å². The van der Waals surface area contributed by atoms with E-state index in [0.29, 0.717) is 17.1 Å². The van der Waals surface area contributed by atoms with Crippen LogP contribution >= 0.6 is 0 Å². The lowest BCUT2D eigenvalue weighted by molar-refractivity contribution is 1.23. The van der Waals surface area contributed by atoms with Gasteiger partial charge in [0.25, 0.3) is 0 Å². The molecule has 6 nitrogen and oxygen atoms in total. The van der Waals surface area contributed by atoms with Crippen molar-refractivity contribution >= 4 is 34.1 Å². The molecule has 30 heavy (non-hydrogen) atoms. The van der Waals surface area contributed by atoms with E-state index >= 15 is 0 Å². The topological polar surface area (TPSA) is 101 Å². The number of nitrogens with zero attached hydrogens (tertiary/aromatic N) is 4. The first-order chi connectivity index (χ1) is 14.7. The molecule has 0 aliphatic rings. The third kappa shape index (κ3) is 6.69. The van der Waals surface area contributed by atoms with Gasteiger partial charge >= 0.3 is 0 Å². The molecule has 0 heterocycles. The van der Waals surface area contributed by atoms with Crippen molar-refractivity contribution in [2.24, 2.45) is 20.5 Å². The molecule has 0 saturated heterocycles. The van der Waals surface area contributed by atoms with Crippen LogP contribution in [-0.2, 0) is 0 Å². The molecule has 4 N–H and O–H groups in total. The Morgan fingerprint density at radius 1 is 0.433 bits per heavy atom. The smallest absolute Gasteiger partial charge is 0.109 e. The van der Waals surface area contributed by atoms with Crippen LogP contribution in [0.4, 0.5) is 34.1 Å². The van der Waals surface area contributed by atoms with Gasteiger partial charge < -0.3 is 11.5 Å². The van der Waals surface area contributed by atoms with E-state index < -0.39 is 0 Å². The van der Waals surface area contributed by atoms with Crippen molar-refractivity contribution in [3.8, 4) is 0 Å². The SMILES string of the molecule is Nc1cccc(/N=N/c2ccccc2)c1.Nc1ccccc1/N=N/c1ccccc1. The van der Waals surface area contributed by atoms with Crippen LogP contribution < -0.4 is 11.5 Å². The van der Waals surface area contributed by atoms with E-state index in [4.69, 9.17) is 11.5 Å². The minimum Gasteiger partial charge on any atom is -0.399 e. The minimum atomic E-state index is 0.636. The molecule has 0 fully saturated rings. The third-order valence-corrected chi connectivity index (χ3v) is 3.87. The molecule has 0 unspecified atom stereocenters. The first-order valence-corrected chi connectivity index (χ1v) is 9.34. The second kappa shape index (κ2) is 10.9. The monoisotopic (exact) mass is 394 g/mol. The quantitative estimate of drug-likeness (QED) is 0.279.